The van der Waals surface area contributed by atoms with Gasteiger partial charge in [0.15, 0.2) is 0 Å². The zero-order valence-corrected chi connectivity index (χ0v) is 26.5. The molecule has 5 nitrogen and oxygen atoms in total. The molecule has 1 aliphatic heterocycles. The second-order valence-corrected chi connectivity index (χ2v) is 13.9. The Morgan fingerprint density at radius 1 is 1.05 bits per heavy atom. The number of carbonyl (C=O) groups excluding carboxylic acids is 1. The topological polar surface area (TPSA) is 50.8 Å². The third kappa shape index (κ3) is 7.85. The number of carbonyl (C=O) groups is 1. The van der Waals surface area contributed by atoms with Crippen LogP contribution in [0.2, 0.25) is 15.1 Å². The Kier molecular flexibility index (Phi) is 9.67. The summed E-state index contributed by atoms with van der Waals surface area (Å²) in [4.78, 5) is 15.9. The van der Waals surface area contributed by atoms with Gasteiger partial charge >= 0.3 is 6.09 Å². The largest absolute Gasteiger partial charge is 0.484 e. The maximum atomic E-state index is 12.5. The van der Waals surface area contributed by atoms with Gasteiger partial charge in [-0.05, 0) is 88.0 Å². The average molecular weight is 634 g/mol. The number of nitrogens with one attached hydrogen (secondary N) is 1. The molecule has 0 unspecified atom stereocenters. The molecule has 1 heterocycles. The fourth-order valence-electron chi connectivity index (χ4n) is 5.53. The minimum Gasteiger partial charge on any atom is -0.484 e. The van der Waals surface area contributed by atoms with Crippen molar-refractivity contribution >= 4 is 52.7 Å². The number of amides is 1. The van der Waals surface area contributed by atoms with E-state index in [2.05, 4.69) is 22.3 Å². The second-order valence-electron chi connectivity index (χ2n) is 11.6. The molecular formula is C32H35Cl3N2O3S. The first-order valence-electron chi connectivity index (χ1n) is 13.9. The number of fused-ring (bicyclic) bond motifs is 1. The normalized spacial score (nSPS) is 20.9. The van der Waals surface area contributed by atoms with Crippen LogP contribution in [0.1, 0.15) is 56.4 Å². The van der Waals surface area contributed by atoms with Crippen LogP contribution in [0.3, 0.4) is 0 Å². The zero-order valence-electron chi connectivity index (χ0n) is 23.5. The van der Waals surface area contributed by atoms with Gasteiger partial charge in [-0.1, -0.05) is 65.1 Å². The lowest BCUT2D eigenvalue weighted by atomic mass is 10.0. The predicted octanol–water partition coefficient (Wildman–Crippen LogP) is 8.97. The van der Waals surface area contributed by atoms with Crippen molar-refractivity contribution in [1.29, 1.82) is 0 Å². The van der Waals surface area contributed by atoms with Crippen LogP contribution in [0.15, 0.2) is 65.6 Å². The highest BCUT2D eigenvalue weighted by atomic mass is 35.5. The minimum atomic E-state index is -0.544. The minimum absolute atomic E-state index is 0.0163. The Hall–Kier alpha value is -2.09. The number of benzene rings is 3. The summed E-state index contributed by atoms with van der Waals surface area (Å²) in [5, 5.41) is 4.94. The summed E-state index contributed by atoms with van der Waals surface area (Å²) in [6, 6.07) is 20.0. The molecule has 1 saturated heterocycles. The average Bonchev–Trinajstić information content (AvgIpc) is 3.26. The Balaban J connectivity index is 1.33. The maximum Gasteiger partial charge on any atom is 0.407 e. The molecule has 1 aliphatic carbocycles. The van der Waals surface area contributed by atoms with Crippen LogP contribution < -0.4 is 10.1 Å². The van der Waals surface area contributed by atoms with Gasteiger partial charge in [0.2, 0.25) is 0 Å². The van der Waals surface area contributed by atoms with E-state index in [1.807, 2.05) is 63.2 Å². The predicted molar refractivity (Wildman–Crippen MR) is 169 cm³/mol. The highest BCUT2D eigenvalue weighted by Gasteiger charge is 2.41. The van der Waals surface area contributed by atoms with E-state index < -0.39 is 5.60 Å². The number of alkyl carbamates (subject to hydrolysis) is 1. The quantitative estimate of drug-likeness (QED) is 0.263. The third-order valence-electron chi connectivity index (χ3n) is 7.31. The van der Waals surface area contributed by atoms with Crippen LogP contribution in [0.4, 0.5) is 4.79 Å². The van der Waals surface area contributed by atoms with Crippen LogP contribution in [-0.2, 0) is 16.9 Å². The molecule has 9 heteroatoms. The molecule has 5 rings (SSSR count). The molecular weight excluding hydrogens is 599 g/mol. The lowest BCUT2D eigenvalue weighted by Gasteiger charge is -2.39. The molecule has 0 spiro atoms. The molecule has 0 bridgehead atoms. The summed E-state index contributed by atoms with van der Waals surface area (Å²) >= 11 is 21.6. The lowest BCUT2D eigenvalue weighted by Crippen LogP contribution is -2.53. The highest BCUT2D eigenvalue weighted by Crippen LogP contribution is 2.44. The number of likely N-dealkylation sites (tertiary alicyclic amines) is 1. The van der Waals surface area contributed by atoms with Gasteiger partial charge in [-0.3, -0.25) is 4.90 Å². The number of hydrogen-bond donors (Lipinski definition) is 1. The summed E-state index contributed by atoms with van der Waals surface area (Å²) in [6.45, 7) is 7.19. The molecule has 3 aromatic carbocycles. The van der Waals surface area contributed by atoms with Crippen molar-refractivity contribution in [1.82, 2.24) is 10.2 Å². The maximum absolute atomic E-state index is 12.5. The molecule has 0 aromatic heterocycles. The van der Waals surface area contributed by atoms with Gasteiger partial charge in [-0.2, -0.15) is 0 Å². The van der Waals surface area contributed by atoms with Crippen molar-refractivity contribution < 1.29 is 14.3 Å². The van der Waals surface area contributed by atoms with Crippen LogP contribution in [-0.4, -0.2) is 41.8 Å². The van der Waals surface area contributed by atoms with Gasteiger partial charge in [0.25, 0.3) is 0 Å². The molecule has 0 radical (unpaired) electrons. The Bertz CT molecular complexity index is 1380. The van der Waals surface area contributed by atoms with Gasteiger partial charge in [0, 0.05) is 38.8 Å². The summed E-state index contributed by atoms with van der Waals surface area (Å²) < 4.78 is 12.2. The molecule has 41 heavy (non-hydrogen) atoms. The van der Waals surface area contributed by atoms with E-state index in [0.29, 0.717) is 27.4 Å². The van der Waals surface area contributed by atoms with E-state index in [9.17, 15) is 4.79 Å². The Labute approximate surface area is 261 Å². The molecule has 1 N–H and O–H groups in total. The van der Waals surface area contributed by atoms with Crippen molar-refractivity contribution in [2.45, 2.75) is 74.5 Å². The van der Waals surface area contributed by atoms with Crippen molar-refractivity contribution in [2.24, 2.45) is 0 Å². The van der Waals surface area contributed by atoms with E-state index in [0.717, 1.165) is 47.6 Å². The first-order chi connectivity index (χ1) is 19.6. The van der Waals surface area contributed by atoms with Gasteiger partial charge in [0.1, 0.15) is 17.5 Å². The zero-order chi connectivity index (χ0) is 29.1. The van der Waals surface area contributed by atoms with E-state index in [1.165, 1.54) is 5.56 Å². The third-order valence-corrected chi connectivity index (χ3v) is 9.44. The van der Waals surface area contributed by atoms with Crippen LogP contribution >= 0.6 is 46.6 Å². The number of halogens is 3. The number of nitrogens with zero attached hydrogens (tertiary/aromatic N) is 1. The second kappa shape index (κ2) is 13.0. The van der Waals surface area contributed by atoms with Crippen LogP contribution in [0.5, 0.6) is 5.75 Å². The fourth-order valence-corrected chi connectivity index (χ4v) is 7.33. The van der Waals surface area contributed by atoms with Gasteiger partial charge in [-0.25, -0.2) is 4.79 Å². The van der Waals surface area contributed by atoms with Crippen molar-refractivity contribution in [3.8, 4) is 5.75 Å². The molecule has 2 aliphatic rings. The van der Waals surface area contributed by atoms with E-state index in [4.69, 9.17) is 44.3 Å². The van der Waals surface area contributed by atoms with Crippen LogP contribution in [0.25, 0.3) is 0 Å². The first-order valence-corrected chi connectivity index (χ1v) is 16.0. The van der Waals surface area contributed by atoms with Crippen molar-refractivity contribution in [2.75, 3.05) is 13.1 Å². The standard InChI is InChI=1S/C32H35Cl3N2O3S/c1-32(2,3)40-31(38)36-22-10-7-13-37(18-22)28-17-24-25(14-21(33)15-26(24)34)30(28)39-23-11-12-29(27(35)16-23)41-19-20-8-5-4-6-9-20/h4-6,8-9,11-12,14-16,22,28,30H,7,10,13,17-19H2,1-3H3,(H,36,38)/t22-,28+,30+/m1/s1. The Morgan fingerprint density at radius 2 is 1.83 bits per heavy atom. The summed E-state index contributed by atoms with van der Waals surface area (Å²) in [5.74, 6) is 1.53. The summed E-state index contributed by atoms with van der Waals surface area (Å²) in [6.07, 6.45) is 1.90. The van der Waals surface area contributed by atoms with Crippen LogP contribution in [0, 0.1) is 0 Å². The molecule has 218 valence electrons. The number of hydrogen-bond acceptors (Lipinski definition) is 5. The molecule has 3 atom stereocenters. The monoisotopic (exact) mass is 632 g/mol. The van der Waals surface area contributed by atoms with E-state index in [-0.39, 0.29) is 24.3 Å². The molecule has 0 saturated carbocycles. The van der Waals surface area contributed by atoms with E-state index >= 15 is 0 Å². The summed E-state index contributed by atoms with van der Waals surface area (Å²) in [5.41, 5.74) is 2.74. The fraction of sp³-hybridized carbons (Fsp3) is 0.406. The lowest BCUT2D eigenvalue weighted by molar-refractivity contribution is 0.0362. The Morgan fingerprint density at radius 3 is 2.56 bits per heavy atom. The number of piperidine rings is 1. The molecule has 1 amide bonds. The summed E-state index contributed by atoms with van der Waals surface area (Å²) in [7, 11) is 0. The molecule has 3 aromatic rings. The number of thioether (sulfide) groups is 1. The van der Waals surface area contributed by atoms with E-state index in [1.54, 1.807) is 17.8 Å². The SMILES string of the molecule is CC(C)(C)OC(=O)N[C@@H]1CCCN([C@H]2Cc3c(Cl)cc(Cl)cc3[C@@H]2Oc2ccc(SCc3ccccc3)c(Cl)c2)C1. The van der Waals surface area contributed by atoms with Crippen molar-refractivity contribution in [3.05, 3.63) is 92.4 Å². The van der Waals surface area contributed by atoms with Gasteiger partial charge in [0.05, 0.1) is 11.1 Å². The highest BCUT2D eigenvalue weighted by molar-refractivity contribution is 7.98. The van der Waals surface area contributed by atoms with Gasteiger partial charge < -0.3 is 14.8 Å². The van der Waals surface area contributed by atoms with Crippen molar-refractivity contribution in [3.63, 3.8) is 0 Å². The van der Waals surface area contributed by atoms with Gasteiger partial charge in [-0.15, -0.1) is 11.8 Å². The first kappa shape index (κ1) is 30.4. The number of ether oxygens (including phenoxy) is 2. The molecule has 1 fully saturated rings. The number of rotatable bonds is 7. The smallest absolute Gasteiger partial charge is 0.407 e.